The smallest absolute Gasteiger partial charge is 0.266 e. The van der Waals surface area contributed by atoms with Crippen LogP contribution in [0.4, 0.5) is 0 Å². The molecule has 7 nitrogen and oxygen atoms in total. The van der Waals surface area contributed by atoms with E-state index in [1.807, 2.05) is 42.6 Å². The van der Waals surface area contributed by atoms with Gasteiger partial charge in [0.2, 0.25) is 0 Å². The van der Waals surface area contributed by atoms with Gasteiger partial charge in [-0.1, -0.05) is 42.2 Å². The van der Waals surface area contributed by atoms with Crippen molar-refractivity contribution in [2.45, 2.75) is 12.5 Å². The van der Waals surface area contributed by atoms with E-state index in [9.17, 15) is 13.2 Å². The highest BCUT2D eigenvalue weighted by Gasteiger charge is 2.42. The van der Waals surface area contributed by atoms with Crippen molar-refractivity contribution in [2.75, 3.05) is 11.5 Å². The van der Waals surface area contributed by atoms with Crippen molar-refractivity contribution in [3.05, 3.63) is 65.4 Å². The summed E-state index contributed by atoms with van der Waals surface area (Å²) in [6.07, 6.45) is 5.55. The molecule has 1 amide bonds. The van der Waals surface area contributed by atoms with Crippen LogP contribution in [0, 0.1) is 0 Å². The predicted octanol–water partition coefficient (Wildman–Crippen LogP) is 3.52. The van der Waals surface area contributed by atoms with Crippen molar-refractivity contribution in [3.63, 3.8) is 0 Å². The Bertz CT molecular complexity index is 1290. The summed E-state index contributed by atoms with van der Waals surface area (Å²) in [6.45, 7) is 0. The van der Waals surface area contributed by atoms with Crippen LogP contribution in [0.25, 0.3) is 23.2 Å². The van der Waals surface area contributed by atoms with E-state index in [2.05, 4.69) is 5.10 Å². The van der Waals surface area contributed by atoms with Gasteiger partial charge in [-0.05, 0) is 36.8 Å². The Kier molecular flexibility index (Phi) is 5.07. The molecule has 1 atom stereocenters. The number of thioether (sulfide) groups is 1. The third-order valence-corrected chi connectivity index (χ3v) is 8.28. The molecule has 0 saturated carbocycles. The quantitative estimate of drug-likeness (QED) is 0.425. The summed E-state index contributed by atoms with van der Waals surface area (Å²) in [5.74, 6) is 0.351. The van der Waals surface area contributed by atoms with E-state index in [1.165, 1.54) is 16.7 Å². The van der Waals surface area contributed by atoms with Crippen LogP contribution in [0.3, 0.4) is 0 Å². The van der Waals surface area contributed by atoms with Crippen LogP contribution in [0.5, 0.6) is 0 Å². The second-order valence-corrected chi connectivity index (χ2v) is 11.2. The first-order chi connectivity index (χ1) is 14.9. The summed E-state index contributed by atoms with van der Waals surface area (Å²) in [5.41, 5.74) is 2.18. The second-order valence-electron chi connectivity index (χ2n) is 7.30. The molecule has 0 aliphatic carbocycles. The Labute approximate surface area is 188 Å². The van der Waals surface area contributed by atoms with E-state index < -0.39 is 15.9 Å². The fourth-order valence-electron chi connectivity index (χ4n) is 3.73. The van der Waals surface area contributed by atoms with E-state index in [4.69, 9.17) is 16.6 Å². The SMILES string of the molecule is O=C1C(=Cc2cn(-c3ccccc3)nc2-c2ccco2)SC(=S)N1C1CCS(=O)(=O)C1. The number of hydrogen-bond donors (Lipinski definition) is 0. The molecule has 5 rings (SSSR count). The zero-order valence-corrected chi connectivity index (χ0v) is 18.6. The largest absolute Gasteiger partial charge is 0.463 e. The molecule has 1 aromatic carbocycles. The van der Waals surface area contributed by atoms with Gasteiger partial charge in [-0.3, -0.25) is 9.69 Å². The van der Waals surface area contributed by atoms with Gasteiger partial charge < -0.3 is 4.42 Å². The van der Waals surface area contributed by atoms with Gasteiger partial charge in [0.05, 0.1) is 34.4 Å². The van der Waals surface area contributed by atoms with E-state index >= 15 is 0 Å². The van der Waals surface area contributed by atoms with Crippen molar-refractivity contribution in [1.82, 2.24) is 14.7 Å². The Morgan fingerprint density at radius 3 is 2.68 bits per heavy atom. The van der Waals surface area contributed by atoms with E-state index in [1.54, 1.807) is 23.1 Å². The number of carbonyl (C=O) groups excluding carboxylic acids is 1. The fourth-order valence-corrected chi connectivity index (χ4v) is 6.82. The van der Waals surface area contributed by atoms with Gasteiger partial charge in [0, 0.05) is 11.8 Å². The second kappa shape index (κ2) is 7.77. The maximum atomic E-state index is 13.1. The van der Waals surface area contributed by atoms with Crippen molar-refractivity contribution in [3.8, 4) is 17.1 Å². The average molecular weight is 472 g/mol. The molecule has 2 saturated heterocycles. The first-order valence-electron chi connectivity index (χ1n) is 9.58. The topological polar surface area (TPSA) is 85.4 Å². The highest BCUT2D eigenvalue weighted by molar-refractivity contribution is 8.26. The standard InChI is InChI=1S/C21H17N3O4S3/c25-20-18(30-21(29)24(20)16-8-10-31(26,27)13-16)11-14-12-23(15-5-2-1-3-6-15)22-19(14)17-7-4-9-28-17/h1-7,9,11-12,16H,8,10,13H2. The predicted molar refractivity (Wildman–Crippen MR) is 123 cm³/mol. The van der Waals surface area contributed by atoms with Crippen molar-refractivity contribution >= 4 is 50.1 Å². The highest BCUT2D eigenvalue weighted by Crippen LogP contribution is 2.37. The molecule has 2 aromatic heterocycles. The van der Waals surface area contributed by atoms with Gasteiger partial charge in [0.15, 0.2) is 15.6 Å². The normalized spacial score (nSPS) is 22.0. The number of para-hydroxylation sites is 1. The number of nitrogens with zero attached hydrogens (tertiary/aromatic N) is 3. The third-order valence-electron chi connectivity index (χ3n) is 5.20. The first kappa shape index (κ1) is 20.2. The van der Waals surface area contributed by atoms with Crippen LogP contribution in [0.15, 0.2) is 64.2 Å². The molecule has 0 N–H and O–H groups in total. The monoisotopic (exact) mass is 471 g/mol. The van der Waals surface area contributed by atoms with Crippen molar-refractivity contribution < 1.29 is 17.6 Å². The lowest BCUT2D eigenvalue weighted by Crippen LogP contribution is -2.39. The van der Waals surface area contributed by atoms with E-state index in [-0.39, 0.29) is 17.4 Å². The van der Waals surface area contributed by atoms with E-state index in [0.717, 1.165) is 5.69 Å². The number of furan rings is 1. The zero-order valence-electron chi connectivity index (χ0n) is 16.2. The molecule has 3 aromatic rings. The summed E-state index contributed by atoms with van der Waals surface area (Å²) in [4.78, 5) is 15.0. The molecule has 0 bridgehead atoms. The number of rotatable bonds is 4. The Balaban J connectivity index is 1.52. The molecule has 0 spiro atoms. The zero-order chi connectivity index (χ0) is 21.6. The van der Waals surface area contributed by atoms with Gasteiger partial charge in [-0.15, -0.1) is 0 Å². The average Bonchev–Trinajstić information content (AvgIpc) is 3.51. The molecule has 2 fully saturated rings. The molecule has 4 heterocycles. The van der Waals surface area contributed by atoms with Crippen LogP contribution in [0.2, 0.25) is 0 Å². The molecule has 1 unspecified atom stereocenters. The minimum atomic E-state index is -3.13. The number of benzene rings is 1. The Hall–Kier alpha value is -2.69. The van der Waals surface area contributed by atoms with Gasteiger partial charge in [0.1, 0.15) is 10.0 Å². The summed E-state index contributed by atoms with van der Waals surface area (Å²) in [5, 5.41) is 4.66. The Morgan fingerprint density at radius 2 is 2.00 bits per heavy atom. The number of sulfone groups is 1. The lowest BCUT2D eigenvalue weighted by Gasteiger charge is -2.20. The van der Waals surface area contributed by atoms with Crippen LogP contribution in [0.1, 0.15) is 12.0 Å². The summed E-state index contributed by atoms with van der Waals surface area (Å²) in [6, 6.07) is 12.8. The highest BCUT2D eigenvalue weighted by atomic mass is 32.2. The molecular weight excluding hydrogens is 454 g/mol. The fraction of sp³-hybridized carbons (Fsp3) is 0.190. The van der Waals surface area contributed by atoms with Crippen LogP contribution in [-0.2, 0) is 14.6 Å². The van der Waals surface area contributed by atoms with Crippen molar-refractivity contribution in [1.29, 1.82) is 0 Å². The van der Waals surface area contributed by atoms with Crippen LogP contribution >= 0.6 is 24.0 Å². The van der Waals surface area contributed by atoms with Crippen LogP contribution < -0.4 is 0 Å². The van der Waals surface area contributed by atoms with Gasteiger partial charge in [-0.25, -0.2) is 13.1 Å². The summed E-state index contributed by atoms with van der Waals surface area (Å²) >= 11 is 6.59. The number of hydrogen-bond acceptors (Lipinski definition) is 7. The van der Waals surface area contributed by atoms with Gasteiger partial charge in [-0.2, -0.15) is 5.10 Å². The van der Waals surface area contributed by atoms with E-state index in [0.29, 0.717) is 32.7 Å². The molecule has 31 heavy (non-hydrogen) atoms. The molecule has 2 aliphatic heterocycles. The van der Waals surface area contributed by atoms with Gasteiger partial charge >= 0.3 is 0 Å². The Morgan fingerprint density at radius 1 is 1.19 bits per heavy atom. The number of carbonyl (C=O) groups is 1. The van der Waals surface area contributed by atoms with Crippen molar-refractivity contribution in [2.24, 2.45) is 0 Å². The lowest BCUT2D eigenvalue weighted by molar-refractivity contribution is -0.123. The number of amides is 1. The first-order valence-corrected chi connectivity index (χ1v) is 12.6. The molecular formula is C21H17N3O4S3. The number of thiocarbonyl (C=S) groups is 1. The van der Waals surface area contributed by atoms with Gasteiger partial charge in [0.25, 0.3) is 5.91 Å². The van der Waals surface area contributed by atoms with Crippen LogP contribution in [-0.4, -0.2) is 50.9 Å². The third kappa shape index (κ3) is 3.86. The maximum absolute atomic E-state index is 13.1. The summed E-state index contributed by atoms with van der Waals surface area (Å²) < 4.78 is 31.4. The minimum Gasteiger partial charge on any atom is -0.463 e. The molecule has 10 heteroatoms. The minimum absolute atomic E-state index is 0.0453. The molecule has 0 radical (unpaired) electrons. The number of aromatic nitrogens is 2. The lowest BCUT2D eigenvalue weighted by atomic mass is 10.2. The summed E-state index contributed by atoms with van der Waals surface area (Å²) in [7, 11) is -3.13. The maximum Gasteiger partial charge on any atom is 0.266 e. The molecule has 2 aliphatic rings. The molecule has 158 valence electrons.